The highest BCUT2D eigenvalue weighted by molar-refractivity contribution is 7.20. The van der Waals surface area contributed by atoms with E-state index in [0.717, 1.165) is 11.1 Å². The van der Waals surface area contributed by atoms with E-state index in [1.54, 1.807) is 15.8 Å². The van der Waals surface area contributed by atoms with Crippen LogP contribution in [0.2, 0.25) is 0 Å². The van der Waals surface area contributed by atoms with E-state index < -0.39 is 0 Å². The topological polar surface area (TPSA) is 64.4 Å². The smallest absolute Gasteiger partial charge is 0.264 e. The molecule has 0 unspecified atom stereocenters. The fourth-order valence-electron chi connectivity index (χ4n) is 3.17. The van der Waals surface area contributed by atoms with Crippen molar-refractivity contribution in [2.24, 2.45) is 0 Å². The molecule has 1 aliphatic heterocycles. The van der Waals surface area contributed by atoms with Crippen LogP contribution in [0.25, 0.3) is 10.2 Å². The summed E-state index contributed by atoms with van der Waals surface area (Å²) in [6.45, 7) is 4.57. The monoisotopic (exact) mass is 369 g/mol. The summed E-state index contributed by atoms with van der Waals surface area (Å²) >= 11 is 1.30. The third-order valence-electron chi connectivity index (χ3n) is 4.61. The average Bonchev–Trinajstić information content (AvgIpc) is 3.02. The number of thiophene rings is 1. The molecule has 1 fully saturated rings. The van der Waals surface area contributed by atoms with Crippen molar-refractivity contribution >= 4 is 27.5 Å². The summed E-state index contributed by atoms with van der Waals surface area (Å²) in [4.78, 5) is 33.2. The minimum atomic E-state index is -0.103. The molecule has 26 heavy (non-hydrogen) atoms. The van der Waals surface area contributed by atoms with Gasteiger partial charge >= 0.3 is 0 Å². The Morgan fingerprint density at radius 3 is 2.69 bits per heavy atom. The van der Waals surface area contributed by atoms with Crippen molar-refractivity contribution < 1.29 is 9.53 Å². The summed E-state index contributed by atoms with van der Waals surface area (Å²) < 4.78 is 6.91. The number of carbonyl (C=O) groups is 1. The van der Waals surface area contributed by atoms with Gasteiger partial charge in [0.2, 0.25) is 0 Å². The summed E-state index contributed by atoms with van der Waals surface area (Å²) in [7, 11) is 0. The second kappa shape index (κ2) is 7.01. The van der Waals surface area contributed by atoms with Crippen molar-refractivity contribution in [1.29, 1.82) is 0 Å². The van der Waals surface area contributed by atoms with Gasteiger partial charge in [-0.1, -0.05) is 30.3 Å². The molecule has 4 rings (SSSR count). The van der Waals surface area contributed by atoms with Gasteiger partial charge in [0.25, 0.3) is 11.5 Å². The van der Waals surface area contributed by atoms with Gasteiger partial charge in [0.15, 0.2) is 0 Å². The van der Waals surface area contributed by atoms with Gasteiger partial charge in [-0.2, -0.15) is 0 Å². The van der Waals surface area contributed by atoms with Crippen molar-refractivity contribution in [2.45, 2.75) is 13.5 Å². The van der Waals surface area contributed by atoms with Gasteiger partial charge in [0.1, 0.15) is 4.83 Å². The van der Waals surface area contributed by atoms with Crippen molar-refractivity contribution in [3.63, 3.8) is 0 Å². The molecule has 3 aromatic rings. The number of aromatic nitrogens is 2. The van der Waals surface area contributed by atoms with E-state index in [1.165, 1.54) is 11.3 Å². The Hall–Kier alpha value is -2.51. The van der Waals surface area contributed by atoms with Crippen LogP contribution in [-0.2, 0) is 11.3 Å². The Kier molecular flexibility index (Phi) is 4.57. The first kappa shape index (κ1) is 16.9. The first-order valence-electron chi connectivity index (χ1n) is 8.54. The lowest BCUT2D eigenvalue weighted by molar-refractivity contribution is 0.0306. The maximum atomic E-state index is 13.0. The lowest BCUT2D eigenvalue weighted by Crippen LogP contribution is -2.40. The van der Waals surface area contributed by atoms with Crippen LogP contribution in [0.3, 0.4) is 0 Å². The summed E-state index contributed by atoms with van der Waals surface area (Å²) in [6.07, 6.45) is 1.57. The van der Waals surface area contributed by atoms with Gasteiger partial charge in [-0.05, 0) is 18.1 Å². The van der Waals surface area contributed by atoms with Gasteiger partial charge in [-0.3, -0.25) is 14.2 Å². The largest absolute Gasteiger partial charge is 0.378 e. The van der Waals surface area contributed by atoms with Crippen LogP contribution >= 0.6 is 11.3 Å². The number of fused-ring (bicyclic) bond motifs is 1. The molecule has 0 bridgehead atoms. The second-order valence-electron chi connectivity index (χ2n) is 6.30. The van der Waals surface area contributed by atoms with Crippen LogP contribution in [-0.4, -0.2) is 46.7 Å². The summed E-state index contributed by atoms with van der Waals surface area (Å²) in [5.74, 6) is -0.0391. The average molecular weight is 369 g/mol. The first-order valence-corrected chi connectivity index (χ1v) is 9.36. The zero-order valence-corrected chi connectivity index (χ0v) is 15.3. The number of aryl methyl sites for hydroxylation is 1. The number of hydrogen-bond donors (Lipinski definition) is 0. The van der Waals surface area contributed by atoms with Crippen LogP contribution in [0, 0.1) is 6.92 Å². The molecule has 6 nitrogen and oxygen atoms in total. The van der Waals surface area contributed by atoms with Gasteiger partial charge < -0.3 is 9.64 Å². The number of amides is 1. The Morgan fingerprint density at radius 1 is 1.23 bits per heavy atom. The number of ether oxygens (including phenoxy) is 1. The van der Waals surface area contributed by atoms with E-state index in [0.29, 0.717) is 47.9 Å². The van der Waals surface area contributed by atoms with E-state index in [2.05, 4.69) is 4.98 Å². The predicted octanol–water partition coefficient (Wildman–Crippen LogP) is 2.29. The molecule has 1 aliphatic rings. The molecule has 1 saturated heterocycles. The quantitative estimate of drug-likeness (QED) is 0.711. The zero-order chi connectivity index (χ0) is 18.1. The van der Waals surface area contributed by atoms with Crippen LogP contribution < -0.4 is 5.56 Å². The number of hydrogen-bond acceptors (Lipinski definition) is 5. The molecular formula is C19H19N3O3S. The molecule has 2 aromatic heterocycles. The molecule has 3 heterocycles. The number of nitrogens with zero attached hydrogens (tertiary/aromatic N) is 3. The first-order chi connectivity index (χ1) is 12.6. The van der Waals surface area contributed by atoms with Gasteiger partial charge in [0, 0.05) is 13.1 Å². The van der Waals surface area contributed by atoms with Crippen molar-refractivity contribution in [3.8, 4) is 0 Å². The minimum Gasteiger partial charge on any atom is -0.378 e. The standard InChI is InChI=1S/C19H19N3O3S/c1-13-15-17(26-16(13)19(24)21-7-9-25-10-8-21)20-12-22(18(15)23)11-14-5-3-2-4-6-14/h2-6,12H,7-11H2,1H3. The van der Waals surface area contributed by atoms with E-state index >= 15 is 0 Å². The highest BCUT2D eigenvalue weighted by Crippen LogP contribution is 2.28. The Labute approximate surface area is 154 Å². The van der Waals surface area contributed by atoms with Crippen LogP contribution in [0.15, 0.2) is 41.5 Å². The third kappa shape index (κ3) is 3.04. The highest BCUT2D eigenvalue weighted by atomic mass is 32.1. The maximum absolute atomic E-state index is 13.0. The summed E-state index contributed by atoms with van der Waals surface area (Å²) in [6, 6.07) is 9.79. The Balaban J connectivity index is 1.72. The molecule has 1 aromatic carbocycles. The molecule has 0 N–H and O–H groups in total. The number of morpholine rings is 1. The fraction of sp³-hybridized carbons (Fsp3) is 0.316. The summed E-state index contributed by atoms with van der Waals surface area (Å²) in [5, 5.41) is 0.546. The van der Waals surface area contributed by atoms with Gasteiger partial charge in [0.05, 0.1) is 36.3 Å². The third-order valence-corrected chi connectivity index (χ3v) is 5.79. The molecule has 0 radical (unpaired) electrons. The van der Waals surface area contributed by atoms with Crippen molar-refractivity contribution in [1.82, 2.24) is 14.5 Å². The van der Waals surface area contributed by atoms with E-state index in [4.69, 9.17) is 4.74 Å². The molecule has 7 heteroatoms. The van der Waals surface area contributed by atoms with E-state index in [9.17, 15) is 9.59 Å². The molecule has 134 valence electrons. The molecule has 0 atom stereocenters. The van der Waals surface area contributed by atoms with Gasteiger partial charge in [-0.25, -0.2) is 4.98 Å². The Morgan fingerprint density at radius 2 is 1.96 bits per heavy atom. The Bertz CT molecular complexity index is 1000. The van der Waals surface area contributed by atoms with E-state index in [1.807, 2.05) is 37.3 Å². The fourth-order valence-corrected chi connectivity index (χ4v) is 4.27. The highest BCUT2D eigenvalue weighted by Gasteiger charge is 2.24. The second-order valence-corrected chi connectivity index (χ2v) is 7.30. The lowest BCUT2D eigenvalue weighted by Gasteiger charge is -2.26. The number of carbonyl (C=O) groups excluding carboxylic acids is 1. The molecule has 1 amide bonds. The lowest BCUT2D eigenvalue weighted by atomic mass is 10.2. The zero-order valence-electron chi connectivity index (χ0n) is 14.5. The van der Waals surface area contributed by atoms with Crippen LogP contribution in [0.5, 0.6) is 0 Å². The van der Waals surface area contributed by atoms with Crippen LogP contribution in [0.4, 0.5) is 0 Å². The molecular weight excluding hydrogens is 350 g/mol. The minimum absolute atomic E-state index is 0.0391. The summed E-state index contributed by atoms with van der Waals surface area (Å²) in [5.41, 5.74) is 1.66. The predicted molar refractivity (Wildman–Crippen MR) is 101 cm³/mol. The van der Waals surface area contributed by atoms with Gasteiger partial charge in [-0.15, -0.1) is 11.3 Å². The van der Waals surface area contributed by atoms with E-state index in [-0.39, 0.29) is 11.5 Å². The number of rotatable bonds is 3. The van der Waals surface area contributed by atoms with Crippen LogP contribution in [0.1, 0.15) is 20.8 Å². The van der Waals surface area contributed by atoms with Crippen molar-refractivity contribution in [2.75, 3.05) is 26.3 Å². The molecule has 0 spiro atoms. The molecule has 0 aliphatic carbocycles. The normalized spacial score (nSPS) is 14.7. The van der Waals surface area contributed by atoms with Crippen molar-refractivity contribution in [3.05, 3.63) is 63.0 Å². The number of benzene rings is 1. The molecule has 0 saturated carbocycles. The SMILES string of the molecule is Cc1c(C(=O)N2CCOCC2)sc2ncn(Cc3ccccc3)c(=O)c12. The maximum Gasteiger partial charge on any atom is 0.264 e.